The molecule has 1 fully saturated rings. The second-order valence-corrected chi connectivity index (χ2v) is 8.08. The zero-order valence-electron chi connectivity index (χ0n) is 12.0. The predicted octanol–water partition coefficient (Wildman–Crippen LogP) is 2.41. The Bertz CT molecular complexity index is 457. The highest BCUT2D eigenvalue weighted by Crippen LogP contribution is 2.31. The molecule has 0 radical (unpaired) electrons. The molecule has 2 rings (SSSR count). The quantitative estimate of drug-likeness (QED) is 0.795. The van der Waals surface area contributed by atoms with E-state index in [0.29, 0.717) is 12.3 Å². The number of piperidine rings is 1. The van der Waals surface area contributed by atoms with Crippen LogP contribution in [0.3, 0.4) is 0 Å². The second kappa shape index (κ2) is 6.23. The summed E-state index contributed by atoms with van der Waals surface area (Å²) in [6.45, 7) is 5.72. The summed E-state index contributed by atoms with van der Waals surface area (Å²) in [5.41, 5.74) is 1.34. The van der Waals surface area contributed by atoms with E-state index >= 15 is 0 Å². The number of hydrogen-bond donors (Lipinski definition) is 0. The molecular formula is C15H25NO2S. The number of nitrogens with zero attached hydrogens (tertiary/aromatic N) is 1. The van der Waals surface area contributed by atoms with Gasteiger partial charge in [-0.3, -0.25) is 0 Å². The zero-order valence-corrected chi connectivity index (χ0v) is 12.8. The molecule has 0 aromatic carbocycles. The first-order valence-corrected chi connectivity index (χ1v) is 9.24. The predicted molar refractivity (Wildman–Crippen MR) is 79.9 cm³/mol. The molecule has 19 heavy (non-hydrogen) atoms. The van der Waals surface area contributed by atoms with Crippen LogP contribution in [0.25, 0.3) is 0 Å². The SMILES string of the molecule is CCCN1CCC(C2=CC=CC(S(C)(=O)=O)C2)CC1. The average Bonchev–Trinajstić information content (AvgIpc) is 2.39. The maximum Gasteiger partial charge on any atom is 0.154 e. The minimum Gasteiger partial charge on any atom is -0.303 e. The summed E-state index contributed by atoms with van der Waals surface area (Å²) in [5, 5.41) is -0.304. The van der Waals surface area contributed by atoms with Crippen molar-refractivity contribution in [3.05, 3.63) is 23.8 Å². The van der Waals surface area contributed by atoms with Crippen LogP contribution in [0.5, 0.6) is 0 Å². The summed E-state index contributed by atoms with van der Waals surface area (Å²) >= 11 is 0. The third-order valence-corrected chi connectivity index (χ3v) is 5.70. The van der Waals surface area contributed by atoms with Crippen LogP contribution < -0.4 is 0 Å². The maximum atomic E-state index is 11.7. The fourth-order valence-electron chi connectivity index (χ4n) is 3.11. The minimum atomic E-state index is -2.95. The first-order valence-electron chi connectivity index (χ1n) is 7.29. The molecule has 0 amide bonds. The smallest absolute Gasteiger partial charge is 0.154 e. The third-order valence-electron chi connectivity index (χ3n) is 4.27. The second-order valence-electron chi connectivity index (χ2n) is 5.81. The lowest BCUT2D eigenvalue weighted by atomic mass is 9.85. The van der Waals surface area contributed by atoms with E-state index in [9.17, 15) is 8.42 Å². The lowest BCUT2D eigenvalue weighted by Crippen LogP contribution is -2.35. The molecule has 4 heteroatoms. The monoisotopic (exact) mass is 283 g/mol. The van der Waals surface area contributed by atoms with Crippen LogP contribution in [0.4, 0.5) is 0 Å². The molecule has 0 aromatic heterocycles. The summed E-state index contributed by atoms with van der Waals surface area (Å²) in [5.74, 6) is 0.585. The molecule has 1 aliphatic carbocycles. The van der Waals surface area contributed by atoms with Gasteiger partial charge in [0.25, 0.3) is 0 Å². The number of sulfone groups is 1. The van der Waals surface area contributed by atoms with Gasteiger partial charge in [-0.25, -0.2) is 8.42 Å². The van der Waals surface area contributed by atoms with Gasteiger partial charge in [0.2, 0.25) is 0 Å². The maximum absolute atomic E-state index is 11.7. The van der Waals surface area contributed by atoms with Crippen molar-refractivity contribution in [1.82, 2.24) is 4.90 Å². The van der Waals surface area contributed by atoms with E-state index in [1.165, 1.54) is 37.6 Å². The Morgan fingerprint density at radius 1 is 1.32 bits per heavy atom. The van der Waals surface area contributed by atoms with E-state index in [1.54, 1.807) is 0 Å². The van der Waals surface area contributed by atoms with Gasteiger partial charge in [0, 0.05) is 6.26 Å². The lowest BCUT2D eigenvalue weighted by molar-refractivity contribution is 0.197. The van der Waals surface area contributed by atoms with Crippen LogP contribution in [0.15, 0.2) is 23.8 Å². The van der Waals surface area contributed by atoms with E-state index in [-0.39, 0.29) is 5.25 Å². The van der Waals surface area contributed by atoms with E-state index in [1.807, 2.05) is 12.2 Å². The van der Waals surface area contributed by atoms with Crippen molar-refractivity contribution in [1.29, 1.82) is 0 Å². The molecule has 1 atom stereocenters. The van der Waals surface area contributed by atoms with E-state index < -0.39 is 9.84 Å². The Hall–Kier alpha value is -0.610. The first kappa shape index (κ1) is 14.8. The van der Waals surface area contributed by atoms with Gasteiger partial charge in [0.15, 0.2) is 9.84 Å². The minimum absolute atomic E-state index is 0.304. The lowest BCUT2D eigenvalue weighted by Gasteiger charge is -2.34. The third kappa shape index (κ3) is 3.93. The van der Waals surface area contributed by atoms with Crippen LogP contribution in [0.2, 0.25) is 0 Å². The van der Waals surface area contributed by atoms with Crippen molar-refractivity contribution in [3.8, 4) is 0 Å². The van der Waals surface area contributed by atoms with Gasteiger partial charge >= 0.3 is 0 Å². The van der Waals surface area contributed by atoms with Crippen LogP contribution in [-0.2, 0) is 9.84 Å². The van der Waals surface area contributed by atoms with Crippen molar-refractivity contribution >= 4 is 9.84 Å². The van der Waals surface area contributed by atoms with Crippen LogP contribution in [-0.4, -0.2) is 44.5 Å². The number of hydrogen-bond acceptors (Lipinski definition) is 3. The molecule has 0 bridgehead atoms. The molecule has 0 aromatic rings. The molecule has 108 valence electrons. The number of allylic oxidation sites excluding steroid dienone is 3. The van der Waals surface area contributed by atoms with Gasteiger partial charge in [0.1, 0.15) is 0 Å². The first-order chi connectivity index (χ1) is 9.00. The molecule has 1 heterocycles. The summed E-state index contributed by atoms with van der Waals surface area (Å²) in [6, 6.07) is 0. The van der Waals surface area contributed by atoms with Crippen molar-refractivity contribution < 1.29 is 8.42 Å². The fourth-order valence-corrected chi connectivity index (χ4v) is 3.98. The Balaban J connectivity index is 1.94. The molecule has 1 saturated heterocycles. The van der Waals surface area contributed by atoms with Gasteiger partial charge in [0.05, 0.1) is 5.25 Å². The highest BCUT2D eigenvalue weighted by Gasteiger charge is 2.27. The Morgan fingerprint density at radius 3 is 2.58 bits per heavy atom. The molecule has 3 nitrogen and oxygen atoms in total. The zero-order chi connectivity index (χ0) is 13.9. The molecular weight excluding hydrogens is 258 g/mol. The summed E-state index contributed by atoms with van der Waals surface area (Å²) < 4.78 is 23.3. The average molecular weight is 283 g/mol. The Kier molecular flexibility index (Phi) is 4.85. The summed E-state index contributed by atoms with van der Waals surface area (Å²) in [7, 11) is -2.95. The standard InChI is InChI=1S/C15H25NO2S/c1-3-9-16-10-7-13(8-11-16)14-5-4-6-15(12-14)19(2,17)18/h4-6,13,15H,3,7-12H2,1-2H3. The van der Waals surface area contributed by atoms with Gasteiger partial charge in [-0.15, -0.1) is 0 Å². The molecule has 0 N–H and O–H groups in total. The Morgan fingerprint density at radius 2 is 2.00 bits per heavy atom. The number of likely N-dealkylation sites (tertiary alicyclic amines) is 1. The normalized spacial score (nSPS) is 26.4. The molecule has 0 spiro atoms. The van der Waals surface area contributed by atoms with Crippen LogP contribution in [0, 0.1) is 5.92 Å². The van der Waals surface area contributed by atoms with E-state index in [2.05, 4.69) is 17.9 Å². The summed E-state index contributed by atoms with van der Waals surface area (Å²) in [6.07, 6.45) is 11.5. The van der Waals surface area contributed by atoms with Gasteiger partial charge < -0.3 is 4.90 Å². The van der Waals surface area contributed by atoms with Gasteiger partial charge in [-0.2, -0.15) is 0 Å². The largest absolute Gasteiger partial charge is 0.303 e. The van der Waals surface area contributed by atoms with Crippen molar-refractivity contribution in [2.75, 3.05) is 25.9 Å². The molecule has 1 aliphatic heterocycles. The summed E-state index contributed by atoms with van der Waals surface area (Å²) in [4.78, 5) is 2.52. The molecule has 0 saturated carbocycles. The highest BCUT2D eigenvalue weighted by molar-refractivity contribution is 7.91. The fraction of sp³-hybridized carbons (Fsp3) is 0.733. The van der Waals surface area contributed by atoms with Gasteiger partial charge in [-0.05, 0) is 51.2 Å². The highest BCUT2D eigenvalue weighted by atomic mass is 32.2. The van der Waals surface area contributed by atoms with Crippen LogP contribution in [0.1, 0.15) is 32.6 Å². The topological polar surface area (TPSA) is 37.4 Å². The molecule has 1 unspecified atom stereocenters. The number of rotatable bonds is 4. The van der Waals surface area contributed by atoms with Crippen molar-refractivity contribution in [2.45, 2.75) is 37.9 Å². The van der Waals surface area contributed by atoms with Crippen molar-refractivity contribution in [3.63, 3.8) is 0 Å². The van der Waals surface area contributed by atoms with E-state index in [0.717, 1.165) is 13.1 Å². The van der Waals surface area contributed by atoms with Crippen LogP contribution >= 0.6 is 0 Å². The molecule has 2 aliphatic rings. The Labute approximate surface area is 117 Å². The van der Waals surface area contributed by atoms with Gasteiger partial charge in [-0.1, -0.05) is 30.7 Å². The van der Waals surface area contributed by atoms with Crippen molar-refractivity contribution in [2.24, 2.45) is 5.92 Å². The van der Waals surface area contributed by atoms with E-state index in [4.69, 9.17) is 0 Å².